The molecule has 0 atom stereocenters. The lowest BCUT2D eigenvalue weighted by Crippen LogP contribution is -1.87. The fraction of sp³-hybridized carbons (Fsp3) is 0. The molecule has 70 valence electrons. The minimum atomic E-state index is 0.698. The number of nitrogens with zero attached hydrogens (tertiary/aromatic N) is 4. The molecule has 0 aliphatic rings. The van der Waals surface area contributed by atoms with E-state index in [2.05, 4.69) is 42.5 Å². The van der Waals surface area contributed by atoms with Crippen LogP contribution in [0.25, 0.3) is 0 Å². The van der Waals surface area contributed by atoms with Gasteiger partial charge in [0.1, 0.15) is 11.4 Å². The van der Waals surface area contributed by atoms with Gasteiger partial charge in [-0.05, 0) is 40.4 Å². The molecule has 0 N–H and O–H groups in total. The maximum Gasteiger partial charge on any atom is 0.193 e. The molecule has 0 saturated heterocycles. The Morgan fingerprint density at radius 3 is 2.57 bits per heavy atom. The molecular weight excluding hydrogens is 311 g/mol. The number of hydrogen-bond donors (Lipinski definition) is 0. The quantitative estimate of drug-likeness (QED) is 0.482. The zero-order chi connectivity index (χ0) is 9.80. The van der Waals surface area contributed by atoms with Crippen molar-refractivity contribution in [2.24, 2.45) is 0 Å². The largest absolute Gasteiger partial charge is 0.245 e. The summed E-state index contributed by atoms with van der Waals surface area (Å²) in [5.74, 6) is 0. The van der Waals surface area contributed by atoms with E-state index in [1.165, 1.54) is 18.1 Å². The number of halogens is 1. The summed E-state index contributed by atoms with van der Waals surface area (Å²) < 4.78 is 1.02. The van der Waals surface area contributed by atoms with Crippen molar-refractivity contribution >= 4 is 34.4 Å². The van der Waals surface area contributed by atoms with Gasteiger partial charge in [0, 0.05) is 22.2 Å². The second-order valence-electron chi connectivity index (χ2n) is 2.33. The van der Waals surface area contributed by atoms with Crippen LogP contribution in [0.4, 0.5) is 0 Å². The molecule has 14 heavy (non-hydrogen) atoms. The molecule has 6 heteroatoms. The van der Waals surface area contributed by atoms with E-state index in [-0.39, 0.29) is 0 Å². The Morgan fingerprint density at radius 1 is 1.14 bits per heavy atom. The van der Waals surface area contributed by atoms with Gasteiger partial charge >= 0.3 is 0 Å². The van der Waals surface area contributed by atoms with Crippen molar-refractivity contribution < 1.29 is 0 Å². The highest BCUT2D eigenvalue weighted by Gasteiger charge is 2.00. The lowest BCUT2D eigenvalue weighted by atomic mass is 10.7. The zero-order valence-electron chi connectivity index (χ0n) is 6.96. The van der Waals surface area contributed by atoms with Gasteiger partial charge in [-0.3, -0.25) is 0 Å². The maximum absolute atomic E-state index is 4.16. The van der Waals surface area contributed by atoms with E-state index in [1.54, 1.807) is 18.6 Å². The van der Waals surface area contributed by atoms with Gasteiger partial charge in [0.25, 0.3) is 0 Å². The van der Waals surface area contributed by atoms with Gasteiger partial charge in [-0.25, -0.2) is 19.9 Å². The zero-order valence-corrected chi connectivity index (χ0v) is 9.94. The average molecular weight is 316 g/mol. The molecule has 0 aromatic carbocycles. The Kier molecular flexibility index (Phi) is 3.25. The smallest absolute Gasteiger partial charge is 0.193 e. The van der Waals surface area contributed by atoms with Crippen LogP contribution in [0.3, 0.4) is 0 Å². The Morgan fingerprint density at radius 2 is 1.93 bits per heavy atom. The van der Waals surface area contributed by atoms with Crippen molar-refractivity contribution in [2.45, 2.75) is 10.2 Å². The Balaban J connectivity index is 2.16. The van der Waals surface area contributed by atoms with Crippen LogP contribution >= 0.6 is 34.4 Å². The van der Waals surface area contributed by atoms with Crippen LogP contribution < -0.4 is 0 Å². The van der Waals surface area contributed by atoms with E-state index in [1.807, 2.05) is 6.07 Å². The molecule has 0 spiro atoms. The van der Waals surface area contributed by atoms with E-state index in [0.717, 1.165) is 8.60 Å². The van der Waals surface area contributed by atoms with E-state index in [9.17, 15) is 0 Å². The highest BCUT2D eigenvalue weighted by Crippen LogP contribution is 2.20. The van der Waals surface area contributed by atoms with Crippen LogP contribution in [0.5, 0.6) is 0 Å². The van der Waals surface area contributed by atoms with E-state index >= 15 is 0 Å². The summed E-state index contributed by atoms with van der Waals surface area (Å²) in [6.07, 6.45) is 6.76. The standard InChI is InChI=1S/C8H5IN4S/c9-6-3-11-8(12-4-6)14-7-1-2-10-5-13-7/h1-5H. The summed E-state index contributed by atoms with van der Waals surface area (Å²) in [6, 6.07) is 1.83. The molecule has 0 unspecified atom stereocenters. The van der Waals surface area contributed by atoms with Crippen molar-refractivity contribution in [1.82, 2.24) is 19.9 Å². The third kappa shape index (κ3) is 2.61. The first-order valence-corrected chi connectivity index (χ1v) is 5.65. The molecule has 0 aliphatic carbocycles. The van der Waals surface area contributed by atoms with Crippen LogP contribution in [-0.2, 0) is 0 Å². The van der Waals surface area contributed by atoms with Crippen molar-refractivity contribution in [1.29, 1.82) is 0 Å². The molecule has 2 aromatic heterocycles. The predicted octanol–water partition coefficient (Wildman–Crippen LogP) is 2.02. The average Bonchev–Trinajstić information content (AvgIpc) is 2.23. The monoisotopic (exact) mass is 316 g/mol. The lowest BCUT2D eigenvalue weighted by Gasteiger charge is -1.97. The summed E-state index contributed by atoms with van der Waals surface area (Å²) >= 11 is 3.59. The predicted molar refractivity (Wildman–Crippen MR) is 60.9 cm³/mol. The van der Waals surface area contributed by atoms with Crippen LogP contribution in [0.1, 0.15) is 0 Å². The van der Waals surface area contributed by atoms with Crippen molar-refractivity contribution in [3.8, 4) is 0 Å². The third-order valence-corrected chi connectivity index (χ3v) is 2.75. The van der Waals surface area contributed by atoms with Crippen LogP contribution in [0.15, 0.2) is 41.2 Å². The van der Waals surface area contributed by atoms with E-state index < -0.39 is 0 Å². The SMILES string of the molecule is Ic1cnc(Sc2ccncn2)nc1. The first-order valence-electron chi connectivity index (χ1n) is 3.76. The lowest BCUT2D eigenvalue weighted by molar-refractivity contribution is 0.947. The van der Waals surface area contributed by atoms with Crippen molar-refractivity contribution in [3.63, 3.8) is 0 Å². The fourth-order valence-corrected chi connectivity index (χ4v) is 1.69. The summed E-state index contributed by atoms with van der Waals surface area (Å²) in [7, 11) is 0. The molecule has 0 bridgehead atoms. The van der Waals surface area contributed by atoms with Crippen molar-refractivity contribution in [3.05, 3.63) is 34.6 Å². The molecule has 0 amide bonds. The maximum atomic E-state index is 4.16. The second-order valence-corrected chi connectivity index (χ2v) is 4.57. The van der Waals surface area contributed by atoms with E-state index in [0.29, 0.717) is 5.16 Å². The molecular formula is C8H5IN4S. The van der Waals surface area contributed by atoms with Crippen LogP contribution in [0, 0.1) is 3.57 Å². The van der Waals surface area contributed by atoms with Crippen LogP contribution in [0.2, 0.25) is 0 Å². The van der Waals surface area contributed by atoms with Gasteiger partial charge in [0.2, 0.25) is 0 Å². The summed E-state index contributed by atoms with van der Waals surface area (Å²) in [5, 5.41) is 1.55. The molecule has 2 rings (SSSR count). The molecule has 0 radical (unpaired) electrons. The minimum Gasteiger partial charge on any atom is -0.245 e. The fourth-order valence-electron chi connectivity index (χ4n) is 0.786. The molecule has 0 fully saturated rings. The van der Waals surface area contributed by atoms with Gasteiger partial charge in [0.15, 0.2) is 5.16 Å². The Labute approximate surface area is 98.8 Å². The highest BCUT2D eigenvalue weighted by atomic mass is 127. The highest BCUT2D eigenvalue weighted by molar-refractivity contribution is 14.1. The second kappa shape index (κ2) is 4.65. The van der Waals surface area contributed by atoms with Gasteiger partial charge < -0.3 is 0 Å². The topological polar surface area (TPSA) is 51.6 Å². The Bertz CT molecular complexity index is 405. The number of aromatic nitrogens is 4. The molecule has 4 nitrogen and oxygen atoms in total. The van der Waals surface area contributed by atoms with Gasteiger partial charge in [-0.1, -0.05) is 0 Å². The Hall–Kier alpha value is -0.760. The van der Waals surface area contributed by atoms with Crippen LogP contribution in [-0.4, -0.2) is 19.9 Å². The molecule has 0 saturated carbocycles. The number of rotatable bonds is 2. The molecule has 0 aliphatic heterocycles. The first-order chi connectivity index (χ1) is 6.84. The first kappa shape index (κ1) is 9.78. The summed E-state index contributed by atoms with van der Waals surface area (Å²) in [4.78, 5) is 16.2. The van der Waals surface area contributed by atoms with Gasteiger partial charge in [0.05, 0.1) is 0 Å². The normalized spacial score (nSPS) is 10.1. The summed E-state index contributed by atoms with van der Waals surface area (Å²) in [6.45, 7) is 0. The van der Waals surface area contributed by atoms with E-state index in [4.69, 9.17) is 0 Å². The van der Waals surface area contributed by atoms with Gasteiger partial charge in [-0.15, -0.1) is 0 Å². The molecule has 2 heterocycles. The third-order valence-electron chi connectivity index (χ3n) is 1.35. The minimum absolute atomic E-state index is 0.698. The van der Waals surface area contributed by atoms with Crippen molar-refractivity contribution in [2.75, 3.05) is 0 Å². The van der Waals surface area contributed by atoms with Gasteiger partial charge in [-0.2, -0.15) is 0 Å². The molecule has 2 aromatic rings. The summed E-state index contributed by atoms with van der Waals surface area (Å²) in [5.41, 5.74) is 0. The number of hydrogen-bond acceptors (Lipinski definition) is 5.